The normalized spacial score (nSPS) is 13.4. The zero-order valence-corrected chi connectivity index (χ0v) is 13.9. The Bertz CT molecular complexity index is 622. The van der Waals surface area contributed by atoms with Gasteiger partial charge in [-0.25, -0.2) is 9.37 Å². The number of hydrogen-bond acceptors (Lipinski definition) is 4. The largest absolute Gasteiger partial charge is 0.271 e. The van der Waals surface area contributed by atoms with Gasteiger partial charge in [-0.1, -0.05) is 44.5 Å². The number of thiazole rings is 1. The fourth-order valence-corrected chi connectivity index (χ4v) is 3.22. The van der Waals surface area contributed by atoms with E-state index in [1.807, 2.05) is 5.38 Å². The second kappa shape index (κ2) is 6.40. The van der Waals surface area contributed by atoms with E-state index < -0.39 is 5.82 Å². The molecule has 0 bridgehead atoms. The highest BCUT2D eigenvalue weighted by atomic mass is 35.5. The number of rotatable bonds is 4. The molecule has 2 aromatic rings. The standard InChI is InChI=1S/C15H19ClFN3S/c1-15(2,3)12-8-21-13(19-12)7-11(20-18)9-5-4-6-10(16)14(9)17/h4-6,8,11,20H,7,18H2,1-3H3. The second-order valence-electron chi connectivity index (χ2n) is 5.94. The number of hydrazine groups is 1. The summed E-state index contributed by atoms with van der Waals surface area (Å²) in [6.07, 6.45) is 0.522. The molecule has 0 radical (unpaired) electrons. The van der Waals surface area contributed by atoms with E-state index in [4.69, 9.17) is 17.4 Å². The molecule has 0 saturated heterocycles. The van der Waals surface area contributed by atoms with Gasteiger partial charge in [0.25, 0.3) is 0 Å². The maximum atomic E-state index is 14.1. The summed E-state index contributed by atoms with van der Waals surface area (Å²) in [7, 11) is 0. The SMILES string of the molecule is CC(C)(C)c1csc(CC(NN)c2cccc(Cl)c2F)n1. The van der Waals surface area contributed by atoms with Crippen molar-refractivity contribution in [3.63, 3.8) is 0 Å². The van der Waals surface area contributed by atoms with Crippen molar-refractivity contribution in [1.82, 2.24) is 10.4 Å². The molecule has 1 heterocycles. The van der Waals surface area contributed by atoms with E-state index in [9.17, 15) is 4.39 Å². The Morgan fingerprint density at radius 1 is 1.43 bits per heavy atom. The van der Waals surface area contributed by atoms with Crippen LogP contribution in [0.5, 0.6) is 0 Å². The number of hydrogen-bond donors (Lipinski definition) is 2. The van der Waals surface area contributed by atoms with Crippen molar-refractivity contribution >= 4 is 22.9 Å². The monoisotopic (exact) mass is 327 g/mol. The third-order valence-corrected chi connectivity index (χ3v) is 4.42. The Labute approximate surface area is 133 Å². The van der Waals surface area contributed by atoms with Crippen LogP contribution < -0.4 is 11.3 Å². The molecule has 0 aliphatic rings. The third-order valence-electron chi connectivity index (χ3n) is 3.26. The molecule has 1 aromatic heterocycles. The van der Waals surface area contributed by atoms with Gasteiger partial charge in [0.2, 0.25) is 0 Å². The van der Waals surface area contributed by atoms with Gasteiger partial charge in [0.1, 0.15) is 5.82 Å². The summed E-state index contributed by atoms with van der Waals surface area (Å²) in [5, 5.41) is 3.06. The smallest absolute Gasteiger partial charge is 0.146 e. The lowest BCUT2D eigenvalue weighted by atomic mass is 9.93. The molecule has 21 heavy (non-hydrogen) atoms. The molecule has 3 nitrogen and oxygen atoms in total. The highest BCUT2D eigenvalue weighted by molar-refractivity contribution is 7.09. The Morgan fingerprint density at radius 3 is 2.71 bits per heavy atom. The van der Waals surface area contributed by atoms with Gasteiger partial charge in [-0.3, -0.25) is 11.3 Å². The first-order valence-electron chi connectivity index (χ1n) is 6.68. The van der Waals surface area contributed by atoms with Gasteiger partial charge in [-0.15, -0.1) is 11.3 Å². The zero-order chi connectivity index (χ0) is 15.6. The molecule has 0 aliphatic heterocycles. The van der Waals surface area contributed by atoms with Crippen molar-refractivity contribution in [1.29, 1.82) is 0 Å². The van der Waals surface area contributed by atoms with Gasteiger partial charge in [-0.2, -0.15) is 0 Å². The molecule has 1 atom stereocenters. The van der Waals surface area contributed by atoms with Crippen molar-refractivity contribution in [2.75, 3.05) is 0 Å². The predicted molar refractivity (Wildman–Crippen MR) is 86.0 cm³/mol. The second-order valence-corrected chi connectivity index (χ2v) is 7.29. The average Bonchev–Trinajstić information content (AvgIpc) is 2.88. The zero-order valence-electron chi connectivity index (χ0n) is 12.3. The summed E-state index contributed by atoms with van der Waals surface area (Å²) >= 11 is 7.39. The summed E-state index contributed by atoms with van der Waals surface area (Å²) in [5.74, 6) is 5.15. The predicted octanol–water partition coefficient (Wildman–Crippen LogP) is 3.98. The van der Waals surface area contributed by atoms with E-state index in [1.165, 1.54) is 6.07 Å². The van der Waals surface area contributed by atoms with E-state index in [0.717, 1.165) is 10.7 Å². The lowest BCUT2D eigenvalue weighted by Gasteiger charge is -2.17. The molecular formula is C15H19ClFN3S. The van der Waals surface area contributed by atoms with Gasteiger partial charge in [0.15, 0.2) is 0 Å². The Kier molecular flexibility index (Phi) is 4.99. The minimum absolute atomic E-state index is 0.00168. The first kappa shape index (κ1) is 16.4. The van der Waals surface area contributed by atoms with Crippen molar-refractivity contribution in [2.45, 2.75) is 38.6 Å². The third kappa shape index (κ3) is 3.80. The van der Waals surface area contributed by atoms with Crippen LogP contribution in [-0.2, 0) is 11.8 Å². The molecule has 6 heteroatoms. The minimum atomic E-state index is -0.435. The summed E-state index contributed by atoms with van der Waals surface area (Å²) in [4.78, 5) is 4.61. The summed E-state index contributed by atoms with van der Waals surface area (Å²) in [5.41, 5.74) is 4.14. The van der Waals surface area contributed by atoms with Crippen LogP contribution >= 0.6 is 22.9 Å². The Morgan fingerprint density at radius 2 is 2.14 bits per heavy atom. The van der Waals surface area contributed by atoms with Crippen LogP contribution in [0.4, 0.5) is 4.39 Å². The Balaban J connectivity index is 2.23. The molecule has 0 saturated carbocycles. The maximum absolute atomic E-state index is 14.1. The molecule has 2 rings (SSSR count). The van der Waals surface area contributed by atoms with E-state index in [0.29, 0.717) is 12.0 Å². The summed E-state index contributed by atoms with van der Waals surface area (Å²) in [6.45, 7) is 6.34. The molecule has 1 aromatic carbocycles. The number of nitrogens with two attached hydrogens (primary N) is 1. The first-order chi connectivity index (χ1) is 9.82. The average molecular weight is 328 g/mol. The molecule has 114 valence electrons. The quantitative estimate of drug-likeness (QED) is 0.659. The lowest BCUT2D eigenvalue weighted by Crippen LogP contribution is -2.30. The van der Waals surface area contributed by atoms with Crippen LogP contribution in [0.2, 0.25) is 5.02 Å². The van der Waals surface area contributed by atoms with Gasteiger partial charge >= 0.3 is 0 Å². The highest BCUT2D eigenvalue weighted by Gasteiger charge is 2.21. The van der Waals surface area contributed by atoms with Crippen LogP contribution in [0.25, 0.3) is 0 Å². The molecule has 0 aliphatic carbocycles. The Hall–Kier alpha value is -1.01. The fraction of sp³-hybridized carbons (Fsp3) is 0.400. The lowest BCUT2D eigenvalue weighted by molar-refractivity contribution is 0.507. The van der Waals surface area contributed by atoms with Crippen molar-refractivity contribution in [3.8, 4) is 0 Å². The number of aromatic nitrogens is 1. The summed E-state index contributed by atoms with van der Waals surface area (Å²) in [6, 6.07) is 4.56. The molecule has 3 N–H and O–H groups in total. The molecule has 0 fully saturated rings. The minimum Gasteiger partial charge on any atom is -0.271 e. The maximum Gasteiger partial charge on any atom is 0.146 e. The van der Waals surface area contributed by atoms with Crippen LogP contribution in [-0.4, -0.2) is 4.98 Å². The number of benzene rings is 1. The van der Waals surface area contributed by atoms with E-state index >= 15 is 0 Å². The van der Waals surface area contributed by atoms with Gasteiger partial charge in [-0.05, 0) is 6.07 Å². The van der Waals surface area contributed by atoms with Gasteiger partial charge in [0, 0.05) is 22.8 Å². The van der Waals surface area contributed by atoms with Crippen LogP contribution in [0, 0.1) is 5.82 Å². The molecular weight excluding hydrogens is 309 g/mol. The highest BCUT2D eigenvalue weighted by Crippen LogP contribution is 2.29. The van der Waals surface area contributed by atoms with Gasteiger partial charge < -0.3 is 0 Å². The van der Waals surface area contributed by atoms with E-state index in [1.54, 1.807) is 23.5 Å². The topological polar surface area (TPSA) is 50.9 Å². The number of nitrogens with zero attached hydrogens (tertiary/aromatic N) is 1. The van der Waals surface area contributed by atoms with Crippen LogP contribution in [0.15, 0.2) is 23.6 Å². The van der Waals surface area contributed by atoms with Crippen LogP contribution in [0.3, 0.4) is 0 Å². The van der Waals surface area contributed by atoms with Crippen molar-refractivity contribution in [3.05, 3.63) is 50.7 Å². The number of halogens is 2. The van der Waals surface area contributed by atoms with E-state index in [-0.39, 0.29) is 16.5 Å². The number of nitrogens with one attached hydrogen (secondary N) is 1. The van der Waals surface area contributed by atoms with Gasteiger partial charge in [0.05, 0.1) is 21.8 Å². The van der Waals surface area contributed by atoms with Crippen molar-refractivity contribution < 1.29 is 4.39 Å². The molecule has 0 amide bonds. The van der Waals surface area contributed by atoms with Crippen molar-refractivity contribution in [2.24, 2.45) is 5.84 Å². The molecule has 1 unspecified atom stereocenters. The van der Waals surface area contributed by atoms with E-state index in [2.05, 4.69) is 31.2 Å². The molecule has 0 spiro atoms. The fourth-order valence-electron chi connectivity index (χ4n) is 1.97. The summed E-state index contributed by atoms with van der Waals surface area (Å²) < 4.78 is 14.1. The van der Waals surface area contributed by atoms with Crippen LogP contribution in [0.1, 0.15) is 43.1 Å². The first-order valence-corrected chi connectivity index (χ1v) is 7.93.